The zero-order valence-electron chi connectivity index (χ0n) is 19.1. The van der Waals surface area contributed by atoms with E-state index in [0.29, 0.717) is 11.3 Å². The molecule has 36 heavy (non-hydrogen) atoms. The number of benzene rings is 3. The lowest BCUT2D eigenvalue weighted by Gasteiger charge is -2.37. The number of carbonyl (C=O) groups is 3. The lowest BCUT2D eigenvalue weighted by Crippen LogP contribution is -2.48. The van der Waals surface area contributed by atoms with Crippen LogP contribution in [0.1, 0.15) is 50.2 Å². The lowest BCUT2D eigenvalue weighted by molar-refractivity contribution is -0.137. The number of fused-ring (bicyclic) bond motifs is 5. The quantitative estimate of drug-likeness (QED) is 0.434. The first-order valence-electron chi connectivity index (χ1n) is 11.6. The second-order valence-corrected chi connectivity index (χ2v) is 9.50. The highest BCUT2D eigenvalue weighted by Crippen LogP contribution is 2.60. The Bertz CT molecular complexity index is 1440. The molecule has 0 amide bonds. The maximum Gasteiger partial charge on any atom is 0.416 e. The van der Waals surface area contributed by atoms with Crippen molar-refractivity contribution >= 4 is 29.1 Å². The van der Waals surface area contributed by atoms with E-state index in [9.17, 15) is 27.6 Å². The number of Topliss-reactive ketones (excluding diaryl/α,β-unsaturated/α-hetero) is 3. The summed E-state index contributed by atoms with van der Waals surface area (Å²) >= 11 is 0. The summed E-state index contributed by atoms with van der Waals surface area (Å²) in [7, 11) is 0. The number of carbonyl (C=O) groups excluding carboxylic acids is 3. The molecule has 0 saturated carbocycles. The van der Waals surface area contributed by atoms with Gasteiger partial charge >= 0.3 is 6.18 Å². The fourth-order valence-corrected chi connectivity index (χ4v) is 6.32. The highest BCUT2D eigenvalue weighted by atomic mass is 19.4. The topological polar surface area (TPSA) is 54.5 Å². The number of anilines is 1. The van der Waals surface area contributed by atoms with Crippen molar-refractivity contribution in [3.05, 3.63) is 107 Å². The van der Waals surface area contributed by atoms with E-state index in [1.807, 2.05) is 35.2 Å². The average Bonchev–Trinajstić information content (AvgIpc) is 3.30. The van der Waals surface area contributed by atoms with Crippen LogP contribution in [-0.4, -0.2) is 29.4 Å². The number of nitrogens with zero attached hydrogens (tertiary/aromatic N) is 1. The van der Waals surface area contributed by atoms with E-state index in [1.54, 1.807) is 30.3 Å². The van der Waals surface area contributed by atoms with Crippen molar-refractivity contribution in [1.82, 2.24) is 0 Å². The SMILES string of the molecule is CC(=O)C1C(c2ccc(C(F)(F)F)cc2)C2(C(=O)c3ccccc3C2=O)C2C=Cc3ccccc3N12. The van der Waals surface area contributed by atoms with Gasteiger partial charge in [-0.2, -0.15) is 13.2 Å². The third-order valence-corrected chi connectivity index (χ3v) is 7.73. The molecule has 1 fully saturated rings. The van der Waals surface area contributed by atoms with Crippen LogP contribution in [0.5, 0.6) is 0 Å². The van der Waals surface area contributed by atoms with Gasteiger partial charge in [0, 0.05) is 22.7 Å². The van der Waals surface area contributed by atoms with Gasteiger partial charge in [-0.05, 0) is 36.2 Å². The molecule has 180 valence electrons. The van der Waals surface area contributed by atoms with Gasteiger partial charge in [-0.25, -0.2) is 0 Å². The van der Waals surface area contributed by atoms with E-state index in [1.165, 1.54) is 19.1 Å². The Morgan fingerprint density at radius 2 is 1.44 bits per heavy atom. The summed E-state index contributed by atoms with van der Waals surface area (Å²) in [5.74, 6) is -2.07. The van der Waals surface area contributed by atoms with E-state index >= 15 is 0 Å². The monoisotopic (exact) mass is 487 g/mol. The molecule has 7 heteroatoms. The molecule has 3 unspecified atom stereocenters. The zero-order valence-corrected chi connectivity index (χ0v) is 19.1. The van der Waals surface area contributed by atoms with Gasteiger partial charge in [0.25, 0.3) is 0 Å². The Kier molecular flexibility index (Phi) is 4.68. The molecule has 0 N–H and O–H groups in total. The normalized spacial score (nSPS) is 23.6. The van der Waals surface area contributed by atoms with Crippen LogP contribution in [0.4, 0.5) is 18.9 Å². The highest BCUT2D eigenvalue weighted by Gasteiger charge is 2.71. The van der Waals surface area contributed by atoms with Crippen molar-refractivity contribution in [2.24, 2.45) is 5.41 Å². The van der Waals surface area contributed by atoms with Gasteiger partial charge in [0.2, 0.25) is 0 Å². The summed E-state index contributed by atoms with van der Waals surface area (Å²) in [6, 6.07) is 16.7. The molecule has 4 nitrogen and oxygen atoms in total. The Morgan fingerprint density at radius 1 is 0.861 bits per heavy atom. The number of ketones is 3. The molecular weight excluding hydrogens is 467 g/mol. The number of rotatable bonds is 2. The molecule has 1 spiro atoms. The van der Waals surface area contributed by atoms with E-state index in [2.05, 4.69) is 0 Å². The van der Waals surface area contributed by atoms with Crippen molar-refractivity contribution in [2.45, 2.75) is 31.1 Å². The molecule has 3 aliphatic rings. The molecule has 3 atom stereocenters. The van der Waals surface area contributed by atoms with Crippen LogP contribution < -0.4 is 4.90 Å². The standard InChI is InChI=1S/C29H20F3NO3/c1-16(34)25-24(18-10-13-19(14-11-18)29(30,31)32)28(26(35)20-7-3-4-8-21(20)27(28)36)23-15-12-17-6-2-5-9-22(17)33(23)25/h2-15,23-25H,1H3. The number of hydrogen-bond acceptors (Lipinski definition) is 4. The van der Waals surface area contributed by atoms with Crippen molar-refractivity contribution in [3.8, 4) is 0 Å². The second-order valence-electron chi connectivity index (χ2n) is 9.50. The van der Waals surface area contributed by atoms with Crippen LogP contribution in [0, 0.1) is 5.41 Å². The third-order valence-electron chi connectivity index (χ3n) is 7.73. The van der Waals surface area contributed by atoms with Gasteiger partial charge < -0.3 is 4.90 Å². The minimum absolute atomic E-state index is 0.274. The van der Waals surface area contributed by atoms with Gasteiger partial charge in [-0.1, -0.05) is 66.7 Å². The molecule has 3 aromatic rings. The maximum atomic E-state index is 14.2. The molecular formula is C29H20F3NO3. The Hall–Kier alpha value is -4.00. The summed E-state index contributed by atoms with van der Waals surface area (Å²) < 4.78 is 40.0. The highest BCUT2D eigenvalue weighted by molar-refractivity contribution is 6.32. The van der Waals surface area contributed by atoms with Crippen LogP contribution in [0.2, 0.25) is 0 Å². The minimum Gasteiger partial charge on any atom is -0.352 e. The van der Waals surface area contributed by atoms with E-state index in [0.717, 1.165) is 17.7 Å². The summed E-state index contributed by atoms with van der Waals surface area (Å²) in [4.78, 5) is 43.5. The maximum absolute atomic E-state index is 14.2. The summed E-state index contributed by atoms with van der Waals surface area (Å²) in [5, 5.41) is 0. The first-order chi connectivity index (χ1) is 17.2. The van der Waals surface area contributed by atoms with Crippen LogP contribution >= 0.6 is 0 Å². The van der Waals surface area contributed by atoms with Crippen molar-refractivity contribution in [3.63, 3.8) is 0 Å². The van der Waals surface area contributed by atoms with Crippen molar-refractivity contribution in [1.29, 1.82) is 0 Å². The molecule has 1 saturated heterocycles. The molecule has 0 aromatic heterocycles. The average molecular weight is 487 g/mol. The number of alkyl halides is 3. The first-order valence-corrected chi connectivity index (χ1v) is 11.6. The molecule has 2 aliphatic heterocycles. The molecule has 1 aliphatic carbocycles. The predicted molar refractivity (Wildman–Crippen MR) is 128 cm³/mol. The molecule has 2 heterocycles. The lowest BCUT2D eigenvalue weighted by atomic mass is 9.64. The molecule has 6 rings (SSSR count). The van der Waals surface area contributed by atoms with Gasteiger partial charge in [0.15, 0.2) is 17.3 Å². The fraction of sp³-hybridized carbons (Fsp3) is 0.207. The van der Waals surface area contributed by atoms with Crippen LogP contribution in [0.25, 0.3) is 6.08 Å². The van der Waals surface area contributed by atoms with Crippen LogP contribution in [0.3, 0.4) is 0 Å². The number of hydrogen-bond donors (Lipinski definition) is 0. The van der Waals surface area contributed by atoms with Gasteiger partial charge in [-0.15, -0.1) is 0 Å². The minimum atomic E-state index is -4.54. The van der Waals surface area contributed by atoms with Gasteiger partial charge in [0.05, 0.1) is 17.6 Å². The van der Waals surface area contributed by atoms with E-state index < -0.39 is 46.7 Å². The first kappa shape index (κ1) is 22.5. The predicted octanol–water partition coefficient (Wildman–Crippen LogP) is 5.73. The summed E-state index contributed by atoms with van der Waals surface area (Å²) in [5.41, 5.74) is -0.101. The molecule has 3 aromatic carbocycles. The van der Waals surface area contributed by atoms with Crippen LogP contribution in [0.15, 0.2) is 78.9 Å². The zero-order chi connectivity index (χ0) is 25.4. The smallest absolute Gasteiger partial charge is 0.352 e. The van der Waals surface area contributed by atoms with E-state index in [4.69, 9.17) is 0 Å². The van der Waals surface area contributed by atoms with Gasteiger partial charge in [0.1, 0.15) is 5.41 Å². The Balaban J connectivity index is 1.64. The van der Waals surface area contributed by atoms with Gasteiger partial charge in [-0.3, -0.25) is 14.4 Å². The summed E-state index contributed by atoms with van der Waals surface area (Å²) in [6.45, 7) is 1.40. The molecule has 0 bridgehead atoms. The van der Waals surface area contributed by atoms with E-state index in [-0.39, 0.29) is 16.9 Å². The number of para-hydroxylation sites is 1. The Labute approximate surface area is 205 Å². The van der Waals surface area contributed by atoms with Crippen molar-refractivity contribution in [2.75, 3.05) is 4.90 Å². The van der Waals surface area contributed by atoms with Crippen molar-refractivity contribution < 1.29 is 27.6 Å². The molecule has 0 radical (unpaired) electrons. The number of halogens is 3. The Morgan fingerprint density at radius 3 is 2.03 bits per heavy atom. The largest absolute Gasteiger partial charge is 0.416 e. The van der Waals surface area contributed by atoms with Crippen LogP contribution in [-0.2, 0) is 11.0 Å². The second kappa shape index (κ2) is 7.50. The summed E-state index contributed by atoms with van der Waals surface area (Å²) in [6.07, 6.45) is -0.918. The fourth-order valence-electron chi connectivity index (χ4n) is 6.32. The third kappa shape index (κ3) is 2.80.